The van der Waals surface area contributed by atoms with Crippen molar-refractivity contribution in [3.05, 3.63) is 23.2 Å². The molecule has 18 heavy (non-hydrogen) atoms. The van der Waals surface area contributed by atoms with Gasteiger partial charge in [-0.25, -0.2) is 0 Å². The maximum Gasteiger partial charge on any atom is 0.120 e. The van der Waals surface area contributed by atoms with E-state index < -0.39 is 0 Å². The van der Waals surface area contributed by atoms with Crippen molar-refractivity contribution in [2.45, 2.75) is 20.0 Å². The first-order valence-corrected chi connectivity index (χ1v) is 6.50. The van der Waals surface area contributed by atoms with E-state index in [4.69, 9.17) is 33.7 Å². The third kappa shape index (κ3) is 5.30. The Hall–Kier alpha value is -0.705. The molecule has 1 aromatic carbocycles. The maximum atomic E-state index is 5.86. The SMILES string of the molecule is CC.[B]c1cc(Cl)cc(OCC2COCCO2)c1. The zero-order chi connectivity index (χ0) is 13.4. The van der Waals surface area contributed by atoms with E-state index in [0.29, 0.717) is 42.7 Å². The highest BCUT2D eigenvalue weighted by atomic mass is 35.5. The summed E-state index contributed by atoms with van der Waals surface area (Å²) in [6.45, 7) is 6.28. The highest BCUT2D eigenvalue weighted by Gasteiger charge is 2.14. The normalized spacial score (nSPS) is 18.7. The fraction of sp³-hybridized carbons (Fsp3) is 0.538. The molecule has 1 heterocycles. The molecule has 1 atom stereocenters. The van der Waals surface area contributed by atoms with Gasteiger partial charge in [0.2, 0.25) is 0 Å². The van der Waals surface area contributed by atoms with Crippen LogP contribution in [0.2, 0.25) is 5.02 Å². The van der Waals surface area contributed by atoms with Gasteiger partial charge < -0.3 is 14.2 Å². The predicted octanol–water partition coefficient (Wildman–Crippen LogP) is 1.95. The van der Waals surface area contributed by atoms with E-state index in [1.807, 2.05) is 13.8 Å². The second-order valence-electron chi connectivity index (χ2n) is 3.60. The molecule has 1 unspecified atom stereocenters. The lowest BCUT2D eigenvalue weighted by Crippen LogP contribution is -2.33. The molecule has 2 rings (SSSR count). The Morgan fingerprint density at radius 2 is 2.11 bits per heavy atom. The first-order valence-electron chi connectivity index (χ1n) is 6.12. The Bertz CT molecular complexity index is 334. The van der Waals surface area contributed by atoms with Gasteiger partial charge in [0.05, 0.1) is 19.8 Å². The summed E-state index contributed by atoms with van der Waals surface area (Å²) in [5, 5.41) is 0.566. The van der Waals surface area contributed by atoms with Gasteiger partial charge in [-0.1, -0.05) is 37.0 Å². The summed E-state index contributed by atoms with van der Waals surface area (Å²) in [5.41, 5.74) is 0.586. The van der Waals surface area contributed by atoms with E-state index in [1.54, 1.807) is 18.2 Å². The van der Waals surface area contributed by atoms with Gasteiger partial charge in [0.1, 0.15) is 26.3 Å². The van der Waals surface area contributed by atoms with Gasteiger partial charge in [0.25, 0.3) is 0 Å². The van der Waals surface area contributed by atoms with Crippen LogP contribution in [-0.2, 0) is 9.47 Å². The molecule has 3 nitrogen and oxygen atoms in total. The number of hydrogen-bond acceptors (Lipinski definition) is 3. The van der Waals surface area contributed by atoms with Crippen LogP contribution in [0.3, 0.4) is 0 Å². The molecule has 5 heteroatoms. The first kappa shape index (κ1) is 15.4. The van der Waals surface area contributed by atoms with Gasteiger partial charge in [-0.3, -0.25) is 0 Å². The number of benzene rings is 1. The van der Waals surface area contributed by atoms with Crippen molar-refractivity contribution in [2.24, 2.45) is 0 Å². The smallest absolute Gasteiger partial charge is 0.120 e. The van der Waals surface area contributed by atoms with Crippen LogP contribution in [0.5, 0.6) is 5.75 Å². The molecule has 1 fully saturated rings. The molecule has 1 aliphatic heterocycles. The molecular formula is C13H18BClO3. The zero-order valence-corrected chi connectivity index (χ0v) is 11.6. The highest BCUT2D eigenvalue weighted by Crippen LogP contribution is 2.16. The molecule has 0 bridgehead atoms. The van der Waals surface area contributed by atoms with E-state index in [9.17, 15) is 0 Å². The average molecular weight is 269 g/mol. The van der Waals surface area contributed by atoms with Crippen molar-refractivity contribution in [2.75, 3.05) is 26.4 Å². The molecule has 1 saturated heterocycles. The van der Waals surface area contributed by atoms with Gasteiger partial charge in [-0.2, -0.15) is 0 Å². The van der Waals surface area contributed by atoms with E-state index >= 15 is 0 Å². The lowest BCUT2D eigenvalue weighted by atomic mass is 9.96. The fourth-order valence-corrected chi connectivity index (χ4v) is 1.72. The summed E-state index contributed by atoms with van der Waals surface area (Å²) in [6, 6.07) is 5.13. The van der Waals surface area contributed by atoms with E-state index in [0.717, 1.165) is 0 Å². The van der Waals surface area contributed by atoms with Crippen LogP contribution in [0.25, 0.3) is 0 Å². The number of halogens is 1. The van der Waals surface area contributed by atoms with Crippen molar-refractivity contribution >= 4 is 24.9 Å². The standard InChI is InChI=1S/C11H12BClO3.C2H6/c12-8-3-9(13)5-10(4-8)16-7-11-6-14-1-2-15-11;1-2/h3-5,11H,1-2,6-7H2;1-2H3. The van der Waals surface area contributed by atoms with Crippen molar-refractivity contribution in [3.63, 3.8) is 0 Å². The van der Waals surface area contributed by atoms with Gasteiger partial charge in [0.15, 0.2) is 0 Å². The Balaban J connectivity index is 0.000000771. The maximum absolute atomic E-state index is 5.86. The minimum Gasteiger partial charge on any atom is -0.491 e. The average Bonchev–Trinajstić information content (AvgIpc) is 2.39. The summed E-state index contributed by atoms with van der Waals surface area (Å²) in [6.07, 6.45) is -0.0195. The molecule has 0 aromatic heterocycles. The first-order chi connectivity index (χ1) is 8.74. The summed E-state index contributed by atoms with van der Waals surface area (Å²) >= 11 is 5.86. The molecule has 2 radical (unpaired) electrons. The Kier molecular flexibility index (Phi) is 7.17. The van der Waals surface area contributed by atoms with E-state index in [1.165, 1.54) is 0 Å². The van der Waals surface area contributed by atoms with Gasteiger partial charge in [0, 0.05) is 5.02 Å². The second kappa shape index (κ2) is 8.41. The molecule has 0 spiro atoms. The molecule has 98 valence electrons. The topological polar surface area (TPSA) is 27.7 Å². The molecular weight excluding hydrogens is 250 g/mol. The van der Waals surface area contributed by atoms with Crippen molar-refractivity contribution in [3.8, 4) is 5.75 Å². The van der Waals surface area contributed by atoms with Gasteiger partial charge >= 0.3 is 0 Å². The Morgan fingerprint density at radius 3 is 2.72 bits per heavy atom. The molecule has 1 aliphatic rings. The third-order valence-electron chi connectivity index (χ3n) is 2.21. The predicted molar refractivity (Wildman–Crippen MR) is 74.2 cm³/mol. The minimum absolute atomic E-state index is 0.0195. The van der Waals surface area contributed by atoms with E-state index in [2.05, 4.69) is 0 Å². The summed E-state index contributed by atoms with van der Waals surface area (Å²) in [5.74, 6) is 0.652. The van der Waals surface area contributed by atoms with Crippen LogP contribution < -0.4 is 10.2 Å². The lowest BCUT2D eigenvalue weighted by molar-refractivity contribution is -0.101. The monoisotopic (exact) mass is 268 g/mol. The van der Waals surface area contributed by atoms with Crippen LogP contribution in [-0.4, -0.2) is 40.4 Å². The van der Waals surface area contributed by atoms with Crippen LogP contribution in [0, 0.1) is 0 Å². The van der Waals surface area contributed by atoms with Gasteiger partial charge in [-0.15, -0.1) is 0 Å². The summed E-state index contributed by atoms with van der Waals surface area (Å²) in [4.78, 5) is 0. The molecule has 1 aromatic rings. The van der Waals surface area contributed by atoms with Gasteiger partial charge in [-0.05, 0) is 12.1 Å². The largest absolute Gasteiger partial charge is 0.491 e. The van der Waals surface area contributed by atoms with Crippen molar-refractivity contribution < 1.29 is 14.2 Å². The van der Waals surface area contributed by atoms with Crippen molar-refractivity contribution in [1.82, 2.24) is 0 Å². The quantitative estimate of drug-likeness (QED) is 0.784. The second-order valence-corrected chi connectivity index (χ2v) is 4.04. The molecule has 0 N–H and O–H groups in total. The minimum atomic E-state index is -0.0195. The highest BCUT2D eigenvalue weighted by molar-refractivity contribution is 6.36. The molecule has 0 aliphatic carbocycles. The fourth-order valence-electron chi connectivity index (χ4n) is 1.49. The Labute approximate surface area is 115 Å². The third-order valence-corrected chi connectivity index (χ3v) is 2.43. The summed E-state index contributed by atoms with van der Waals surface area (Å²) < 4.78 is 16.2. The number of rotatable bonds is 3. The van der Waals surface area contributed by atoms with Crippen LogP contribution in [0.4, 0.5) is 0 Å². The molecule has 0 amide bonds. The molecule has 0 saturated carbocycles. The lowest BCUT2D eigenvalue weighted by Gasteiger charge is -2.23. The van der Waals surface area contributed by atoms with Crippen LogP contribution >= 0.6 is 11.6 Å². The van der Waals surface area contributed by atoms with Crippen LogP contribution in [0.1, 0.15) is 13.8 Å². The zero-order valence-electron chi connectivity index (χ0n) is 10.8. The number of ether oxygens (including phenoxy) is 3. The summed E-state index contributed by atoms with van der Waals surface area (Å²) in [7, 11) is 5.65. The van der Waals surface area contributed by atoms with Crippen molar-refractivity contribution in [1.29, 1.82) is 0 Å². The van der Waals surface area contributed by atoms with E-state index in [-0.39, 0.29) is 6.10 Å². The number of hydrogen-bond donors (Lipinski definition) is 0. The van der Waals surface area contributed by atoms with Crippen LogP contribution in [0.15, 0.2) is 18.2 Å². The Morgan fingerprint density at radius 1 is 1.33 bits per heavy atom.